The van der Waals surface area contributed by atoms with E-state index in [0.29, 0.717) is 50.0 Å². The third kappa shape index (κ3) is 3.07. The molecule has 8 heteroatoms. The molecule has 3 amide bonds. The van der Waals surface area contributed by atoms with Crippen molar-refractivity contribution in [3.8, 4) is 0 Å². The van der Waals surface area contributed by atoms with E-state index in [0.717, 1.165) is 0 Å². The minimum absolute atomic E-state index is 0.0382. The van der Waals surface area contributed by atoms with Crippen molar-refractivity contribution in [2.75, 3.05) is 31.6 Å². The first-order valence-corrected chi connectivity index (χ1v) is 9.96. The van der Waals surface area contributed by atoms with Crippen LogP contribution < -0.4 is 4.90 Å². The number of carbonyl (C=O) groups is 4. The van der Waals surface area contributed by atoms with Crippen molar-refractivity contribution in [1.29, 1.82) is 0 Å². The van der Waals surface area contributed by atoms with Crippen LogP contribution in [0.1, 0.15) is 43.0 Å². The van der Waals surface area contributed by atoms with E-state index in [1.807, 2.05) is 13.0 Å². The molecule has 0 spiro atoms. The lowest BCUT2D eigenvalue weighted by molar-refractivity contribution is -0.149. The summed E-state index contributed by atoms with van der Waals surface area (Å²) in [6.07, 6.45) is 1.94. The van der Waals surface area contributed by atoms with Crippen molar-refractivity contribution < 1.29 is 23.9 Å². The highest BCUT2D eigenvalue weighted by Gasteiger charge is 2.53. The predicted molar refractivity (Wildman–Crippen MR) is 104 cm³/mol. The molecule has 8 nitrogen and oxygen atoms in total. The molecule has 0 aliphatic carbocycles. The number of nitrogens with zero attached hydrogens (tertiary/aromatic N) is 3. The molecule has 2 saturated heterocycles. The second kappa shape index (κ2) is 7.17. The van der Waals surface area contributed by atoms with Gasteiger partial charge in [0.05, 0.1) is 24.3 Å². The van der Waals surface area contributed by atoms with E-state index in [4.69, 9.17) is 4.74 Å². The number of likely N-dealkylation sites (tertiary alicyclic amines) is 1. The fourth-order valence-electron chi connectivity index (χ4n) is 4.71. The number of carbonyl (C=O) groups excluding carboxylic acids is 4. The predicted octanol–water partition coefficient (Wildman–Crippen LogP) is 1.40. The normalized spacial score (nSPS) is 24.4. The third-order valence-electron chi connectivity index (χ3n) is 6.42. The molecule has 0 N–H and O–H groups in total. The highest BCUT2D eigenvalue weighted by Crippen LogP contribution is 2.43. The summed E-state index contributed by atoms with van der Waals surface area (Å²) < 4.78 is 4.79. The molecule has 3 aliphatic rings. The first kappa shape index (κ1) is 19.4. The molecule has 2 fully saturated rings. The second-order valence-corrected chi connectivity index (χ2v) is 8.03. The standard InChI is InChI=1S/C21H25N3O5/c1-21-10-7-17(25)24(21)16-6-4-3-5-15(16)19(27)23(21)13-18(26)22-11-8-14(9-12-22)20(28)29-2/h3-6,14H,7-13H2,1-2H3. The molecule has 1 aromatic carbocycles. The van der Waals surface area contributed by atoms with Gasteiger partial charge >= 0.3 is 5.97 Å². The van der Waals surface area contributed by atoms with Gasteiger partial charge in [0.2, 0.25) is 11.8 Å². The topological polar surface area (TPSA) is 87.2 Å². The number of rotatable bonds is 3. The lowest BCUT2D eigenvalue weighted by atomic mass is 9.96. The molecule has 0 aromatic heterocycles. The van der Waals surface area contributed by atoms with Gasteiger partial charge in [-0.1, -0.05) is 12.1 Å². The van der Waals surface area contributed by atoms with Crippen molar-refractivity contribution >= 4 is 29.4 Å². The average molecular weight is 399 g/mol. The van der Waals surface area contributed by atoms with E-state index in [1.54, 1.807) is 28.0 Å². The van der Waals surface area contributed by atoms with Crippen LogP contribution in [0.25, 0.3) is 0 Å². The van der Waals surface area contributed by atoms with Crippen molar-refractivity contribution in [3.63, 3.8) is 0 Å². The summed E-state index contributed by atoms with van der Waals surface area (Å²) in [5.74, 6) is -0.863. The fourth-order valence-corrected chi connectivity index (χ4v) is 4.71. The summed E-state index contributed by atoms with van der Waals surface area (Å²) in [7, 11) is 1.37. The molecular weight excluding hydrogens is 374 g/mol. The lowest BCUT2D eigenvalue weighted by Gasteiger charge is -2.48. The molecule has 1 atom stereocenters. The van der Waals surface area contributed by atoms with E-state index in [-0.39, 0.29) is 36.2 Å². The third-order valence-corrected chi connectivity index (χ3v) is 6.42. The smallest absolute Gasteiger partial charge is 0.308 e. The van der Waals surface area contributed by atoms with Crippen LogP contribution in [0.4, 0.5) is 5.69 Å². The van der Waals surface area contributed by atoms with E-state index in [2.05, 4.69) is 0 Å². The Morgan fingerprint density at radius 1 is 1.17 bits per heavy atom. The number of piperidine rings is 1. The van der Waals surface area contributed by atoms with Gasteiger partial charge in [0.15, 0.2) is 0 Å². The van der Waals surface area contributed by atoms with Gasteiger partial charge < -0.3 is 14.5 Å². The van der Waals surface area contributed by atoms with Gasteiger partial charge in [-0.15, -0.1) is 0 Å². The fraction of sp³-hybridized carbons (Fsp3) is 0.524. The van der Waals surface area contributed by atoms with Gasteiger partial charge in [-0.05, 0) is 38.3 Å². The highest BCUT2D eigenvalue weighted by atomic mass is 16.5. The Hall–Kier alpha value is -2.90. The Labute approximate surface area is 169 Å². The van der Waals surface area contributed by atoms with Crippen LogP contribution in [0.2, 0.25) is 0 Å². The van der Waals surface area contributed by atoms with Gasteiger partial charge in [-0.2, -0.15) is 0 Å². The van der Waals surface area contributed by atoms with Gasteiger partial charge in [-0.25, -0.2) is 0 Å². The Morgan fingerprint density at radius 2 is 1.86 bits per heavy atom. The molecule has 1 unspecified atom stereocenters. The summed E-state index contributed by atoms with van der Waals surface area (Å²) in [4.78, 5) is 55.4. The van der Waals surface area contributed by atoms with Crippen LogP contribution in [0, 0.1) is 5.92 Å². The maximum atomic E-state index is 13.2. The number of benzene rings is 1. The van der Waals surface area contributed by atoms with Gasteiger partial charge in [0.1, 0.15) is 12.2 Å². The molecular formula is C21H25N3O5. The zero-order valence-corrected chi connectivity index (χ0v) is 16.7. The number of amides is 3. The number of para-hydroxylation sites is 1. The van der Waals surface area contributed by atoms with Crippen LogP contribution in [-0.2, 0) is 19.1 Å². The van der Waals surface area contributed by atoms with Gasteiger partial charge in [0.25, 0.3) is 5.91 Å². The molecule has 3 heterocycles. The van der Waals surface area contributed by atoms with Crippen LogP contribution in [-0.4, -0.2) is 65.9 Å². The number of ether oxygens (including phenoxy) is 1. The first-order chi connectivity index (χ1) is 13.9. The van der Waals surface area contributed by atoms with Gasteiger partial charge in [-0.3, -0.25) is 24.1 Å². The van der Waals surface area contributed by atoms with Gasteiger partial charge in [0, 0.05) is 19.5 Å². The summed E-state index contributed by atoms with van der Waals surface area (Å²) >= 11 is 0. The summed E-state index contributed by atoms with van der Waals surface area (Å²) in [5.41, 5.74) is 0.213. The molecule has 0 radical (unpaired) electrons. The number of esters is 1. The number of hydrogen-bond donors (Lipinski definition) is 0. The number of anilines is 1. The molecule has 1 aromatic rings. The first-order valence-electron chi connectivity index (χ1n) is 9.96. The zero-order valence-electron chi connectivity index (χ0n) is 16.7. The SMILES string of the molecule is COC(=O)C1CCN(C(=O)CN2C(=O)c3ccccc3N3C(=O)CCC23C)CC1. The van der Waals surface area contributed by atoms with Crippen molar-refractivity contribution in [1.82, 2.24) is 9.80 Å². The summed E-state index contributed by atoms with van der Waals surface area (Å²) in [5, 5.41) is 0. The Bertz CT molecular complexity index is 877. The van der Waals surface area contributed by atoms with E-state index in [9.17, 15) is 19.2 Å². The molecule has 29 heavy (non-hydrogen) atoms. The molecule has 4 rings (SSSR count). The zero-order chi connectivity index (χ0) is 20.8. The molecule has 0 bridgehead atoms. The largest absolute Gasteiger partial charge is 0.469 e. The van der Waals surface area contributed by atoms with Crippen LogP contribution in [0.5, 0.6) is 0 Å². The minimum atomic E-state index is -0.845. The Morgan fingerprint density at radius 3 is 2.55 bits per heavy atom. The lowest BCUT2D eigenvalue weighted by Crippen LogP contribution is -2.64. The number of methoxy groups -OCH3 is 1. The maximum Gasteiger partial charge on any atom is 0.308 e. The second-order valence-electron chi connectivity index (χ2n) is 8.03. The van der Waals surface area contributed by atoms with Crippen molar-refractivity contribution in [3.05, 3.63) is 29.8 Å². The average Bonchev–Trinajstić information content (AvgIpc) is 3.06. The van der Waals surface area contributed by atoms with E-state index in [1.165, 1.54) is 12.0 Å². The number of hydrogen-bond acceptors (Lipinski definition) is 5. The minimum Gasteiger partial charge on any atom is -0.469 e. The van der Waals surface area contributed by atoms with Crippen molar-refractivity contribution in [2.24, 2.45) is 5.92 Å². The van der Waals surface area contributed by atoms with Crippen LogP contribution >= 0.6 is 0 Å². The Kier molecular flexibility index (Phi) is 4.80. The van der Waals surface area contributed by atoms with Crippen molar-refractivity contribution in [2.45, 2.75) is 38.3 Å². The van der Waals surface area contributed by atoms with Crippen LogP contribution in [0.3, 0.4) is 0 Å². The highest BCUT2D eigenvalue weighted by molar-refractivity contribution is 6.11. The van der Waals surface area contributed by atoms with Crippen LogP contribution in [0.15, 0.2) is 24.3 Å². The molecule has 3 aliphatic heterocycles. The van der Waals surface area contributed by atoms with E-state index < -0.39 is 5.66 Å². The van der Waals surface area contributed by atoms with E-state index >= 15 is 0 Å². The Balaban J connectivity index is 1.54. The monoisotopic (exact) mass is 399 g/mol. The maximum absolute atomic E-state index is 13.2. The number of fused-ring (bicyclic) bond motifs is 3. The summed E-state index contributed by atoms with van der Waals surface area (Å²) in [6.45, 7) is 2.67. The molecule has 154 valence electrons. The molecule has 0 saturated carbocycles. The quantitative estimate of drug-likeness (QED) is 0.717. The summed E-state index contributed by atoms with van der Waals surface area (Å²) in [6, 6.07) is 7.05.